The molecule has 1 atom stereocenters. The van der Waals surface area contributed by atoms with Gasteiger partial charge in [-0.1, -0.05) is 39.7 Å². The molecular weight excluding hydrogens is 244 g/mol. The van der Waals surface area contributed by atoms with Crippen LogP contribution >= 0.6 is 15.9 Å². The Morgan fingerprint density at radius 2 is 2.21 bits per heavy atom. The second kappa shape index (κ2) is 5.15. The highest BCUT2D eigenvalue weighted by atomic mass is 79.9. The zero-order valence-electron chi connectivity index (χ0n) is 8.29. The van der Waals surface area contributed by atoms with Gasteiger partial charge in [0.1, 0.15) is 6.10 Å². The fraction of sp³-hybridized carbons (Fsp3) is 0.364. The van der Waals surface area contributed by atoms with E-state index in [1.165, 1.54) is 5.56 Å². The van der Waals surface area contributed by atoms with Gasteiger partial charge in [-0.3, -0.25) is 4.79 Å². The van der Waals surface area contributed by atoms with Crippen molar-refractivity contribution in [2.45, 2.75) is 20.0 Å². The molecule has 3 heteroatoms. The van der Waals surface area contributed by atoms with Crippen molar-refractivity contribution < 1.29 is 9.53 Å². The Kier molecular flexibility index (Phi) is 4.14. The summed E-state index contributed by atoms with van der Waals surface area (Å²) in [5.74, 6) is 0. The van der Waals surface area contributed by atoms with Gasteiger partial charge in [0, 0.05) is 5.33 Å². The van der Waals surface area contributed by atoms with E-state index in [1.807, 2.05) is 26.0 Å². The Hall–Kier alpha value is -0.830. The second-order valence-corrected chi connectivity index (χ2v) is 3.88. The summed E-state index contributed by atoms with van der Waals surface area (Å²) in [5, 5.41) is 0.621. The zero-order valence-corrected chi connectivity index (χ0v) is 9.87. The summed E-state index contributed by atoms with van der Waals surface area (Å²) in [6, 6.07) is 6.10. The van der Waals surface area contributed by atoms with E-state index in [1.54, 1.807) is 0 Å². The largest absolute Gasteiger partial charge is 0.459 e. The number of hydrogen-bond donors (Lipinski definition) is 0. The molecule has 0 spiro atoms. The summed E-state index contributed by atoms with van der Waals surface area (Å²) >= 11 is 3.32. The molecule has 1 rings (SSSR count). The minimum absolute atomic E-state index is 0.187. The van der Waals surface area contributed by atoms with Crippen molar-refractivity contribution in [2.75, 3.05) is 5.33 Å². The van der Waals surface area contributed by atoms with Crippen LogP contribution < -0.4 is 0 Å². The lowest BCUT2D eigenvalue weighted by Crippen LogP contribution is -2.06. The number of carbonyl (C=O) groups excluding carboxylic acids is 1. The molecule has 0 radical (unpaired) electrons. The van der Waals surface area contributed by atoms with E-state index in [2.05, 4.69) is 22.0 Å². The van der Waals surface area contributed by atoms with E-state index in [9.17, 15) is 4.79 Å². The lowest BCUT2D eigenvalue weighted by Gasteiger charge is -2.15. The molecule has 0 amide bonds. The van der Waals surface area contributed by atoms with Crippen LogP contribution in [0.3, 0.4) is 0 Å². The van der Waals surface area contributed by atoms with E-state index >= 15 is 0 Å². The molecule has 0 fully saturated rings. The van der Waals surface area contributed by atoms with E-state index in [0.29, 0.717) is 11.8 Å². The van der Waals surface area contributed by atoms with Crippen molar-refractivity contribution in [1.82, 2.24) is 0 Å². The van der Waals surface area contributed by atoms with Crippen molar-refractivity contribution in [3.63, 3.8) is 0 Å². The topological polar surface area (TPSA) is 26.3 Å². The maximum absolute atomic E-state index is 10.3. The zero-order chi connectivity index (χ0) is 10.6. The minimum atomic E-state index is -0.187. The molecule has 1 aromatic rings. The molecule has 0 aliphatic carbocycles. The SMILES string of the molecule is Cc1ccc(C(CBr)OC=O)c(C)c1. The molecule has 2 nitrogen and oxygen atoms in total. The Balaban J connectivity index is 2.97. The molecule has 76 valence electrons. The second-order valence-electron chi connectivity index (χ2n) is 3.24. The van der Waals surface area contributed by atoms with E-state index < -0.39 is 0 Å². The summed E-state index contributed by atoms with van der Waals surface area (Å²) in [6.07, 6.45) is -0.187. The molecule has 1 aromatic carbocycles. The molecule has 0 N–H and O–H groups in total. The van der Waals surface area contributed by atoms with Gasteiger partial charge in [0.25, 0.3) is 6.47 Å². The van der Waals surface area contributed by atoms with Crippen molar-refractivity contribution in [3.05, 3.63) is 34.9 Å². The highest BCUT2D eigenvalue weighted by molar-refractivity contribution is 9.09. The van der Waals surface area contributed by atoms with Gasteiger partial charge in [0.2, 0.25) is 0 Å². The third-order valence-electron chi connectivity index (χ3n) is 2.13. The van der Waals surface area contributed by atoms with Gasteiger partial charge in [-0.25, -0.2) is 0 Å². The number of hydrogen-bond acceptors (Lipinski definition) is 2. The van der Waals surface area contributed by atoms with E-state index in [0.717, 1.165) is 11.1 Å². The lowest BCUT2D eigenvalue weighted by atomic mass is 10.0. The maximum atomic E-state index is 10.3. The van der Waals surface area contributed by atoms with Crippen molar-refractivity contribution in [2.24, 2.45) is 0 Å². The first-order chi connectivity index (χ1) is 6.69. The Morgan fingerprint density at radius 1 is 1.50 bits per heavy atom. The van der Waals surface area contributed by atoms with Crippen molar-refractivity contribution >= 4 is 22.4 Å². The summed E-state index contributed by atoms with van der Waals surface area (Å²) in [6.45, 7) is 4.55. The molecule has 0 heterocycles. The number of aryl methyl sites for hydroxylation is 2. The van der Waals surface area contributed by atoms with Gasteiger partial charge >= 0.3 is 0 Å². The standard InChI is InChI=1S/C11H13BrO2/c1-8-3-4-10(9(2)5-8)11(6-12)14-7-13/h3-5,7,11H,6H2,1-2H3. The van der Waals surface area contributed by atoms with E-state index in [-0.39, 0.29) is 6.10 Å². The monoisotopic (exact) mass is 256 g/mol. The first-order valence-corrected chi connectivity index (χ1v) is 5.53. The van der Waals surface area contributed by atoms with Crippen LogP contribution in [0.2, 0.25) is 0 Å². The van der Waals surface area contributed by atoms with Gasteiger partial charge < -0.3 is 4.74 Å². The number of carbonyl (C=O) groups is 1. The van der Waals surface area contributed by atoms with Gasteiger partial charge in [0.05, 0.1) is 0 Å². The number of ether oxygens (including phenoxy) is 1. The van der Waals surface area contributed by atoms with Gasteiger partial charge in [0.15, 0.2) is 0 Å². The van der Waals surface area contributed by atoms with Crippen LogP contribution in [0, 0.1) is 13.8 Å². The number of rotatable bonds is 4. The molecule has 0 bridgehead atoms. The Labute approximate surface area is 92.4 Å². The summed E-state index contributed by atoms with van der Waals surface area (Å²) < 4.78 is 4.97. The predicted molar refractivity (Wildman–Crippen MR) is 59.6 cm³/mol. The highest BCUT2D eigenvalue weighted by Crippen LogP contribution is 2.23. The molecule has 14 heavy (non-hydrogen) atoms. The third kappa shape index (κ3) is 2.58. The quantitative estimate of drug-likeness (QED) is 0.612. The maximum Gasteiger partial charge on any atom is 0.293 e. The molecule has 0 saturated heterocycles. The average Bonchev–Trinajstić information content (AvgIpc) is 2.15. The molecule has 0 saturated carbocycles. The molecule has 1 unspecified atom stereocenters. The number of benzene rings is 1. The molecule has 0 aliphatic heterocycles. The first kappa shape index (κ1) is 11.2. The minimum Gasteiger partial charge on any atom is -0.459 e. The predicted octanol–water partition coefficient (Wildman–Crippen LogP) is 2.91. The number of halogens is 1. The van der Waals surface area contributed by atoms with Crippen LogP contribution in [0.25, 0.3) is 0 Å². The van der Waals surface area contributed by atoms with Gasteiger partial charge in [-0.15, -0.1) is 0 Å². The fourth-order valence-corrected chi connectivity index (χ4v) is 1.95. The van der Waals surface area contributed by atoms with Crippen LogP contribution in [0.15, 0.2) is 18.2 Å². The van der Waals surface area contributed by atoms with Gasteiger partial charge in [-0.2, -0.15) is 0 Å². The van der Waals surface area contributed by atoms with Crippen LogP contribution in [-0.4, -0.2) is 11.8 Å². The summed E-state index contributed by atoms with van der Waals surface area (Å²) in [5.41, 5.74) is 3.42. The number of alkyl halides is 1. The van der Waals surface area contributed by atoms with Crippen LogP contribution in [0.4, 0.5) is 0 Å². The Morgan fingerprint density at radius 3 is 2.71 bits per heavy atom. The summed E-state index contributed by atoms with van der Waals surface area (Å²) in [4.78, 5) is 10.3. The lowest BCUT2D eigenvalue weighted by molar-refractivity contribution is -0.132. The van der Waals surface area contributed by atoms with E-state index in [4.69, 9.17) is 4.74 Å². The van der Waals surface area contributed by atoms with Crippen LogP contribution in [0.1, 0.15) is 22.8 Å². The Bertz CT molecular complexity index is 323. The highest BCUT2D eigenvalue weighted by Gasteiger charge is 2.12. The van der Waals surface area contributed by atoms with Crippen LogP contribution in [-0.2, 0) is 9.53 Å². The normalized spacial score (nSPS) is 12.2. The van der Waals surface area contributed by atoms with Crippen LogP contribution in [0.5, 0.6) is 0 Å². The fourth-order valence-electron chi connectivity index (χ4n) is 1.45. The molecular formula is C11H13BrO2. The molecule has 0 aromatic heterocycles. The first-order valence-electron chi connectivity index (χ1n) is 4.41. The van der Waals surface area contributed by atoms with Crippen molar-refractivity contribution in [3.8, 4) is 0 Å². The third-order valence-corrected chi connectivity index (χ3v) is 2.72. The average molecular weight is 257 g/mol. The van der Waals surface area contributed by atoms with Crippen molar-refractivity contribution in [1.29, 1.82) is 0 Å². The van der Waals surface area contributed by atoms with Gasteiger partial charge in [-0.05, 0) is 25.0 Å². The smallest absolute Gasteiger partial charge is 0.293 e. The molecule has 0 aliphatic rings. The summed E-state index contributed by atoms with van der Waals surface area (Å²) in [7, 11) is 0.